The third-order valence-corrected chi connectivity index (χ3v) is 6.03. The van der Waals surface area contributed by atoms with Crippen molar-refractivity contribution in [2.24, 2.45) is 22.7 Å². The average Bonchev–Trinajstić information content (AvgIpc) is 2.54. The molecule has 1 unspecified atom stereocenters. The highest BCUT2D eigenvalue weighted by Crippen LogP contribution is 2.52. The number of hydrogen-bond donors (Lipinski definition) is 1. The first-order valence-electron chi connectivity index (χ1n) is 10.1. The molecule has 4 nitrogen and oxygen atoms in total. The van der Waals surface area contributed by atoms with E-state index in [0.29, 0.717) is 24.9 Å². The minimum absolute atomic E-state index is 0.127. The van der Waals surface area contributed by atoms with E-state index in [0.717, 1.165) is 24.1 Å². The Morgan fingerprint density at radius 1 is 1.19 bits per heavy atom. The number of benzene rings is 1. The molecule has 1 amide bonds. The third kappa shape index (κ3) is 5.57. The second-order valence-corrected chi connectivity index (χ2v) is 9.39. The van der Waals surface area contributed by atoms with Gasteiger partial charge in [0, 0.05) is 19.0 Å². The van der Waals surface area contributed by atoms with Gasteiger partial charge in [-0.2, -0.15) is 0 Å². The van der Waals surface area contributed by atoms with Crippen molar-refractivity contribution in [2.75, 3.05) is 11.9 Å². The van der Waals surface area contributed by atoms with E-state index in [-0.39, 0.29) is 22.7 Å². The van der Waals surface area contributed by atoms with Gasteiger partial charge in [-0.15, -0.1) is 0 Å². The fourth-order valence-corrected chi connectivity index (χ4v) is 4.74. The zero-order valence-electron chi connectivity index (χ0n) is 17.7. The molecule has 0 saturated heterocycles. The maximum atomic E-state index is 13.3. The molecule has 1 aliphatic rings. The molecule has 1 N–H and O–H groups in total. The molecule has 2 rings (SSSR count). The van der Waals surface area contributed by atoms with E-state index in [4.69, 9.17) is 4.74 Å². The summed E-state index contributed by atoms with van der Waals surface area (Å²) in [5.74, 6) is 0.748. The van der Waals surface area contributed by atoms with Crippen LogP contribution in [0.4, 0.5) is 5.69 Å². The van der Waals surface area contributed by atoms with Crippen LogP contribution in [0, 0.1) is 22.7 Å². The van der Waals surface area contributed by atoms with Gasteiger partial charge in [0.1, 0.15) is 0 Å². The van der Waals surface area contributed by atoms with E-state index < -0.39 is 0 Å². The number of rotatable bonds is 6. The smallest absolute Gasteiger partial charge is 0.302 e. The number of hydrogen-bond acceptors (Lipinski definition) is 3. The highest BCUT2D eigenvalue weighted by atomic mass is 16.5. The molecule has 150 valence electrons. The first kappa shape index (κ1) is 21.5. The van der Waals surface area contributed by atoms with Crippen molar-refractivity contribution in [3.05, 3.63) is 29.8 Å². The number of ether oxygens (including phenoxy) is 1. The maximum absolute atomic E-state index is 13.3. The molecule has 4 heteroatoms. The van der Waals surface area contributed by atoms with Gasteiger partial charge in [0.2, 0.25) is 5.91 Å². The Morgan fingerprint density at radius 2 is 1.81 bits per heavy atom. The first-order chi connectivity index (χ1) is 12.5. The van der Waals surface area contributed by atoms with Gasteiger partial charge in [-0.3, -0.25) is 9.59 Å². The van der Waals surface area contributed by atoms with Crippen molar-refractivity contribution >= 4 is 17.6 Å². The molecule has 0 radical (unpaired) electrons. The molecule has 27 heavy (non-hydrogen) atoms. The summed E-state index contributed by atoms with van der Waals surface area (Å²) >= 11 is 0. The lowest BCUT2D eigenvalue weighted by molar-refractivity contribution is -0.140. The van der Waals surface area contributed by atoms with Gasteiger partial charge in [0.15, 0.2) is 0 Å². The van der Waals surface area contributed by atoms with E-state index in [1.807, 2.05) is 24.3 Å². The average molecular weight is 374 g/mol. The molecule has 1 aromatic rings. The highest BCUT2D eigenvalue weighted by molar-refractivity contribution is 5.95. The van der Waals surface area contributed by atoms with Crippen molar-refractivity contribution in [3.8, 4) is 0 Å². The highest BCUT2D eigenvalue weighted by Gasteiger charge is 2.49. The van der Waals surface area contributed by atoms with Gasteiger partial charge in [-0.1, -0.05) is 46.8 Å². The molecule has 0 heterocycles. The van der Waals surface area contributed by atoms with Crippen LogP contribution in [0.2, 0.25) is 0 Å². The summed E-state index contributed by atoms with van der Waals surface area (Å²) in [6.07, 6.45) is 3.86. The molecule has 1 saturated carbocycles. The molecule has 1 aromatic carbocycles. The van der Waals surface area contributed by atoms with Crippen LogP contribution < -0.4 is 5.32 Å². The Labute approximate surface area is 164 Å². The summed E-state index contributed by atoms with van der Waals surface area (Å²) in [5.41, 5.74) is 1.74. The number of carbonyl (C=O) groups excluding carboxylic acids is 2. The summed E-state index contributed by atoms with van der Waals surface area (Å²) in [5, 5.41) is 3.15. The Bertz CT molecular complexity index is 663. The van der Waals surface area contributed by atoms with Crippen LogP contribution in [0.1, 0.15) is 66.4 Å². The molecule has 0 aliphatic heterocycles. The predicted molar refractivity (Wildman–Crippen MR) is 109 cm³/mol. The van der Waals surface area contributed by atoms with Crippen LogP contribution in [0.3, 0.4) is 0 Å². The molecule has 2 atom stereocenters. The van der Waals surface area contributed by atoms with Gasteiger partial charge in [0.25, 0.3) is 0 Å². The number of amides is 1. The molecule has 0 spiro atoms. The predicted octanol–water partition coefficient (Wildman–Crippen LogP) is 5.22. The van der Waals surface area contributed by atoms with Crippen molar-refractivity contribution < 1.29 is 14.3 Å². The van der Waals surface area contributed by atoms with Crippen molar-refractivity contribution in [1.82, 2.24) is 0 Å². The van der Waals surface area contributed by atoms with Gasteiger partial charge in [0.05, 0.1) is 12.0 Å². The molecule has 1 aliphatic carbocycles. The number of nitrogens with one attached hydrogen (secondary N) is 1. The van der Waals surface area contributed by atoms with Crippen molar-refractivity contribution in [2.45, 2.75) is 67.2 Å². The zero-order valence-corrected chi connectivity index (χ0v) is 17.7. The Hall–Kier alpha value is -1.84. The van der Waals surface area contributed by atoms with Crippen molar-refractivity contribution in [1.29, 1.82) is 0 Å². The quantitative estimate of drug-likeness (QED) is 0.696. The van der Waals surface area contributed by atoms with Gasteiger partial charge in [-0.25, -0.2) is 0 Å². The molecule has 0 aromatic heterocycles. The Kier molecular flexibility index (Phi) is 6.72. The van der Waals surface area contributed by atoms with Gasteiger partial charge >= 0.3 is 5.97 Å². The Balaban J connectivity index is 2.06. The summed E-state index contributed by atoms with van der Waals surface area (Å²) in [6.45, 7) is 12.9. The van der Waals surface area contributed by atoms with E-state index >= 15 is 0 Å². The van der Waals surface area contributed by atoms with Gasteiger partial charge < -0.3 is 10.1 Å². The molecule has 1 fully saturated rings. The SMILES string of the molecule is CC(=O)OCCc1ccc(NC(=O)[C@@]2(C)CC(C)(C)CCC2C(C)C)cc1. The topological polar surface area (TPSA) is 55.4 Å². The van der Waals surface area contributed by atoms with E-state index in [2.05, 4.69) is 39.9 Å². The summed E-state index contributed by atoms with van der Waals surface area (Å²) in [7, 11) is 0. The number of anilines is 1. The Morgan fingerprint density at radius 3 is 2.37 bits per heavy atom. The minimum atomic E-state index is -0.357. The number of esters is 1. The molecule has 0 bridgehead atoms. The largest absolute Gasteiger partial charge is 0.466 e. The minimum Gasteiger partial charge on any atom is -0.466 e. The lowest BCUT2D eigenvalue weighted by Crippen LogP contribution is -2.48. The van der Waals surface area contributed by atoms with E-state index in [9.17, 15) is 9.59 Å². The van der Waals surface area contributed by atoms with E-state index in [1.165, 1.54) is 13.3 Å². The number of carbonyl (C=O) groups is 2. The fraction of sp³-hybridized carbons (Fsp3) is 0.652. The second-order valence-electron chi connectivity index (χ2n) is 9.39. The zero-order chi connectivity index (χ0) is 20.2. The van der Waals surface area contributed by atoms with Crippen LogP contribution in [0.25, 0.3) is 0 Å². The first-order valence-corrected chi connectivity index (χ1v) is 10.1. The van der Waals surface area contributed by atoms with Gasteiger partial charge in [-0.05, 0) is 54.2 Å². The van der Waals surface area contributed by atoms with E-state index in [1.54, 1.807) is 0 Å². The molecular formula is C23H35NO3. The maximum Gasteiger partial charge on any atom is 0.302 e. The lowest BCUT2D eigenvalue weighted by Gasteiger charge is -2.48. The summed E-state index contributed by atoms with van der Waals surface area (Å²) in [6, 6.07) is 7.82. The van der Waals surface area contributed by atoms with Crippen LogP contribution >= 0.6 is 0 Å². The lowest BCUT2D eigenvalue weighted by atomic mass is 9.56. The van der Waals surface area contributed by atoms with Crippen molar-refractivity contribution in [3.63, 3.8) is 0 Å². The second kappa shape index (κ2) is 8.45. The van der Waals surface area contributed by atoms with Crippen LogP contribution in [-0.4, -0.2) is 18.5 Å². The fourth-order valence-electron chi connectivity index (χ4n) is 4.74. The summed E-state index contributed by atoms with van der Waals surface area (Å²) < 4.78 is 4.98. The van der Waals surface area contributed by atoms with Crippen LogP contribution in [0.5, 0.6) is 0 Å². The normalized spacial score (nSPS) is 24.5. The monoisotopic (exact) mass is 373 g/mol. The standard InChI is InChI=1S/C23H35NO3/c1-16(2)20-11-13-22(4,5)15-23(20,6)21(26)24-19-9-7-18(8-10-19)12-14-27-17(3)25/h7-10,16,20H,11-15H2,1-6H3,(H,24,26)/t20?,23-/m0/s1. The van der Waals surface area contributed by atoms with Crippen LogP contribution in [-0.2, 0) is 20.7 Å². The van der Waals surface area contributed by atoms with Crippen LogP contribution in [0.15, 0.2) is 24.3 Å². The summed E-state index contributed by atoms with van der Waals surface area (Å²) in [4.78, 5) is 24.1. The molecular weight excluding hydrogens is 338 g/mol. The third-order valence-electron chi connectivity index (χ3n) is 6.03.